The van der Waals surface area contributed by atoms with Gasteiger partial charge in [0.25, 0.3) is 0 Å². The molecule has 2 heterocycles. The van der Waals surface area contributed by atoms with E-state index >= 15 is 0 Å². The number of nitrogens with one attached hydrogen (secondary N) is 8. The highest BCUT2D eigenvalue weighted by Gasteiger charge is 2.35. The van der Waals surface area contributed by atoms with Crippen molar-refractivity contribution in [3.05, 3.63) is 132 Å². The summed E-state index contributed by atoms with van der Waals surface area (Å²) < 4.78 is 0. The van der Waals surface area contributed by atoms with Crippen LogP contribution in [0, 0.1) is 5.92 Å². The van der Waals surface area contributed by atoms with E-state index in [0.717, 1.165) is 21.8 Å². The maximum atomic E-state index is 14.8. The van der Waals surface area contributed by atoms with Crippen molar-refractivity contribution in [2.45, 2.75) is 114 Å². The molecular formula is C56H70N12O11. The molecule has 8 atom stereocenters. The standard InChI is InChI=1S/C56H70N12O11/c1-30(2)23-43(64-49(72)42(13-8-22-60-56(58)59)63-51(74)45(67-54(77)48(57)31(3)69)25-33-16-20-37(71)21-17-33)50(73)65-44(24-32-14-18-36(70)19-15-32)52(75)66-46(26-34-28-61-40-11-6-4-9-38(34)40)53(76)68-47(55(78)79)27-35-29-62-41-12-7-5-10-39(35)41/h4-7,9-12,14-21,28-31,42-48,61-62,69-71H,8,13,22-27,57H2,1-3H3,(H,63,74)(H,64,72)(H,65,73)(H,66,75)(H,67,77)(H,68,76)(H,78,79)(H4,58,59,60)/t31-,42+,43+,44+,45+,46+,47+,48+/m1/s1. The molecule has 6 rings (SSSR count). The minimum atomic E-state index is -1.45. The molecule has 23 heteroatoms. The fourth-order valence-electron chi connectivity index (χ4n) is 8.93. The number of H-pyrrole nitrogens is 2. The second-order valence-corrected chi connectivity index (χ2v) is 19.9. The first-order valence-electron chi connectivity index (χ1n) is 25.9. The quantitative estimate of drug-likeness (QED) is 0.0186. The van der Waals surface area contributed by atoms with Crippen molar-refractivity contribution in [2.75, 3.05) is 6.54 Å². The third kappa shape index (κ3) is 17.3. The molecule has 2 aromatic heterocycles. The zero-order valence-corrected chi connectivity index (χ0v) is 44.1. The molecule has 79 heavy (non-hydrogen) atoms. The summed E-state index contributed by atoms with van der Waals surface area (Å²) in [6.45, 7) is 4.94. The van der Waals surface area contributed by atoms with Crippen LogP contribution in [0.2, 0.25) is 0 Å². The van der Waals surface area contributed by atoms with Crippen LogP contribution in [0.25, 0.3) is 21.8 Å². The number of aliphatic imine (C=N–C) groups is 1. The topological polar surface area (TPSA) is 395 Å². The van der Waals surface area contributed by atoms with E-state index in [0.29, 0.717) is 22.3 Å². The molecule has 0 unspecified atom stereocenters. The van der Waals surface area contributed by atoms with Crippen molar-refractivity contribution in [3.8, 4) is 11.5 Å². The van der Waals surface area contributed by atoms with Gasteiger partial charge in [-0.2, -0.15) is 0 Å². The number of nitrogens with two attached hydrogens (primary N) is 3. The number of aliphatic hydroxyl groups is 1. The van der Waals surface area contributed by atoms with E-state index in [1.165, 1.54) is 43.3 Å². The zero-order valence-electron chi connectivity index (χ0n) is 44.1. The molecule has 0 spiro atoms. The summed E-state index contributed by atoms with van der Waals surface area (Å²) in [6, 6.07) is 16.5. The normalized spacial score (nSPS) is 14.4. The SMILES string of the molecule is CC(C)C[C@H](NC(=O)[C@H](CCCN=C(N)N)NC(=O)[C@H](Cc1ccc(O)cc1)NC(=O)[C@@H](N)[C@@H](C)O)C(=O)N[C@@H](Cc1ccc(O)cc1)C(=O)N[C@@H](Cc1c[nH]c2ccccc12)C(=O)N[C@@H](Cc1c[nH]c2ccccc12)C(=O)O. The number of aliphatic hydroxyl groups excluding tert-OH is 1. The molecule has 0 bridgehead atoms. The molecule has 0 saturated carbocycles. The number of para-hydroxylation sites is 2. The van der Waals surface area contributed by atoms with Gasteiger partial charge >= 0.3 is 5.97 Å². The lowest BCUT2D eigenvalue weighted by atomic mass is 9.99. The second kappa shape index (κ2) is 27.9. The maximum Gasteiger partial charge on any atom is 0.326 e. The number of aromatic hydroxyl groups is 2. The van der Waals surface area contributed by atoms with Crippen molar-refractivity contribution in [3.63, 3.8) is 0 Å². The summed E-state index contributed by atoms with van der Waals surface area (Å²) in [5, 5.41) is 58.2. The van der Waals surface area contributed by atoms with Gasteiger partial charge in [0.1, 0.15) is 53.8 Å². The summed E-state index contributed by atoms with van der Waals surface area (Å²) >= 11 is 0. The van der Waals surface area contributed by atoms with E-state index in [1.54, 1.807) is 44.4 Å². The average molecular weight is 1090 g/mol. The van der Waals surface area contributed by atoms with E-state index in [2.05, 4.69) is 46.9 Å². The molecule has 0 aliphatic heterocycles. The number of nitrogens with zero attached hydrogens (tertiary/aromatic N) is 1. The molecule has 420 valence electrons. The van der Waals surface area contributed by atoms with Gasteiger partial charge in [0.15, 0.2) is 5.96 Å². The number of phenols is 2. The van der Waals surface area contributed by atoms with E-state index < -0.39 is 89.8 Å². The number of carbonyl (C=O) groups is 7. The highest BCUT2D eigenvalue weighted by Crippen LogP contribution is 2.22. The number of phenolic OH excluding ortho intramolecular Hbond substituents is 2. The van der Waals surface area contributed by atoms with Crippen LogP contribution < -0.4 is 49.1 Å². The first-order chi connectivity index (χ1) is 37.6. The molecule has 0 saturated heterocycles. The van der Waals surface area contributed by atoms with Gasteiger partial charge in [-0.1, -0.05) is 74.5 Å². The number of fused-ring (bicyclic) bond motifs is 2. The number of benzene rings is 4. The van der Waals surface area contributed by atoms with Crippen molar-refractivity contribution in [2.24, 2.45) is 28.1 Å². The number of aromatic amines is 2. The van der Waals surface area contributed by atoms with E-state index in [4.69, 9.17) is 17.2 Å². The number of rotatable bonds is 28. The number of carboxylic acids is 1. The molecule has 6 amide bonds. The van der Waals surface area contributed by atoms with Gasteiger partial charge in [-0.15, -0.1) is 0 Å². The molecule has 6 aromatic rings. The highest BCUT2D eigenvalue weighted by molar-refractivity contribution is 5.98. The van der Waals surface area contributed by atoms with Crippen molar-refractivity contribution in [1.29, 1.82) is 0 Å². The lowest BCUT2D eigenvalue weighted by molar-refractivity contribution is -0.142. The van der Waals surface area contributed by atoms with Crippen LogP contribution in [-0.2, 0) is 59.2 Å². The Labute approximate surface area is 455 Å². The van der Waals surface area contributed by atoms with Gasteiger partial charge in [0, 0.05) is 66.4 Å². The Balaban J connectivity index is 1.28. The summed E-state index contributed by atoms with van der Waals surface area (Å²) in [5.74, 6) is -6.91. The van der Waals surface area contributed by atoms with Crippen LogP contribution >= 0.6 is 0 Å². The van der Waals surface area contributed by atoms with E-state index in [1.807, 2.05) is 42.5 Å². The van der Waals surface area contributed by atoms with Crippen molar-refractivity contribution < 1.29 is 54.0 Å². The predicted molar refractivity (Wildman–Crippen MR) is 296 cm³/mol. The molecule has 18 N–H and O–H groups in total. The van der Waals surface area contributed by atoms with Crippen LogP contribution in [0.3, 0.4) is 0 Å². The number of hydrogen-bond acceptors (Lipinski definition) is 12. The van der Waals surface area contributed by atoms with Gasteiger partial charge in [-0.25, -0.2) is 4.79 Å². The number of amides is 6. The molecule has 0 aliphatic carbocycles. The van der Waals surface area contributed by atoms with Crippen LogP contribution in [0.15, 0.2) is 114 Å². The van der Waals surface area contributed by atoms with Crippen LogP contribution in [0.4, 0.5) is 0 Å². The molecule has 4 aromatic carbocycles. The maximum absolute atomic E-state index is 14.8. The predicted octanol–water partition coefficient (Wildman–Crippen LogP) is 1.13. The number of aromatic nitrogens is 2. The highest BCUT2D eigenvalue weighted by atomic mass is 16.4. The van der Waals surface area contributed by atoms with Crippen molar-refractivity contribution >= 4 is 69.2 Å². The molecule has 23 nitrogen and oxygen atoms in total. The first-order valence-corrected chi connectivity index (χ1v) is 25.9. The Hall–Kier alpha value is -8.96. The fourth-order valence-corrected chi connectivity index (χ4v) is 8.93. The Bertz CT molecular complexity index is 3100. The molecular weight excluding hydrogens is 1020 g/mol. The number of carbonyl (C=O) groups excluding carboxylic acids is 6. The van der Waals surface area contributed by atoms with Gasteiger partial charge in [0.2, 0.25) is 35.4 Å². The Kier molecular flexibility index (Phi) is 20.9. The van der Waals surface area contributed by atoms with Gasteiger partial charge < -0.3 is 79.5 Å². The van der Waals surface area contributed by atoms with Gasteiger partial charge in [-0.3, -0.25) is 33.8 Å². The number of aliphatic carboxylic acids is 1. The molecule has 0 aliphatic rings. The van der Waals surface area contributed by atoms with Crippen molar-refractivity contribution in [1.82, 2.24) is 41.9 Å². The second-order valence-electron chi connectivity index (χ2n) is 19.9. The van der Waals surface area contributed by atoms with Crippen LogP contribution in [0.1, 0.15) is 62.3 Å². The third-order valence-corrected chi connectivity index (χ3v) is 13.2. The molecule has 0 radical (unpaired) electrons. The summed E-state index contributed by atoms with van der Waals surface area (Å²) in [4.78, 5) is 109. The van der Waals surface area contributed by atoms with E-state index in [-0.39, 0.29) is 74.9 Å². The van der Waals surface area contributed by atoms with Gasteiger partial charge in [-0.05, 0) is 90.8 Å². The number of hydrogen-bond donors (Lipinski definition) is 15. The first kappa shape index (κ1) is 59.3. The smallest absolute Gasteiger partial charge is 0.326 e. The average Bonchev–Trinajstić information content (AvgIpc) is 4.07. The zero-order chi connectivity index (χ0) is 57.3. The Morgan fingerprint density at radius 2 is 0.924 bits per heavy atom. The minimum absolute atomic E-state index is 0.0230. The molecule has 0 fully saturated rings. The Morgan fingerprint density at radius 1 is 0.532 bits per heavy atom. The van der Waals surface area contributed by atoms with E-state index in [9.17, 15) is 54.0 Å². The van der Waals surface area contributed by atoms with Crippen LogP contribution in [-0.4, -0.2) is 133 Å². The van der Waals surface area contributed by atoms with Crippen LogP contribution in [0.5, 0.6) is 11.5 Å². The van der Waals surface area contributed by atoms with Gasteiger partial charge in [0.05, 0.1) is 6.10 Å². The summed E-state index contributed by atoms with van der Waals surface area (Å²) in [6.07, 6.45) is 1.64. The monoisotopic (exact) mass is 1090 g/mol. The lowest BCUT2D eigenvalue weighted by Gasteiger charge is -2.28. The number of carboxylic acid groups (broad SMARTS) is 1. The number of guanidine groups is 1. The summed E-state index contributed by atoms with van der Waals surface area (Å²) in [5.41, 5.74) is 20.8. The Morgan fingerprint density at radius 3 is 1.38 bits per heavy atom. The minimum Gasteiger partial charge on any atom is -0.508 e. The fraction of sp³-hybridized carbons (Fsp3) is 0.357. The summed E-state index contributed by atoms with van der Waals surface area (Å²) in [7, 11) is 0. The lowest BCUT2D eigenvalue weighted by Crippen LogP contribution is -2.60. The third-order valence-electron chi connectivity index (χ3n) is 13.2. The largest absolute Gasteiger partial charge is 0.508 e.